The Morgan fingerprint density at radius 3 is 2.59 bits per heavy atom. The molecule has 4 aromatic rings. The van der Waals surface area contributed by atoms with Gasteiger partial charge in [-0.05, 0) is 69.1 Å². The van der Waals surface area contributed by atoms with Crippen LogP contribution in [0.2, 0.25) is 0 Å². The number of carbonyl (C=O) groups excluding carboxylic acids is 2. The zero-order valence-corrected chi connectivity index (χ0v) is 18.4. The number of rotatable bonds is 3. The first kappa shape index (κ1) is 21.6. The lowest BCUT2D eigenvalue weighted by molar-refractivity contribution is 0.0724. The van der Waals surface area contributed by atoms with E-state index in [-0.39, 0.29) is 5.91 Å². The van der Waals surface area contributed by atoms with Crippen molar-refractivity contribution in [3.8, 4) is 11.3 Å². The number of likely N-dealkylation sites (tertiary alicyclic amines) is 1. The smallest absolute Gasteiger partial charge is 0.253 e. The van der Waals surface area contributed by atoms with E-state index in [9.17, 15) is 9.59 Å². The van der Waals surface area contributed by atoms with Crippen LogP contribution in [0.25, 0.3) is 33.2 Å². The number of aldehydes is 1. The molecule has 1 aliphatic rings. The second-order valence-electron chi connectivity index (χ2n) is 7.85. The Morgan fingerprint density at radius 2 is 1.84 bits per heavy atom. The van der Waals surface area contributed by atoms with Crippen molar-refractivity contribution in [1.82, 2.24) is 19.9 Å². The summed E-state index contributed by atoms with van der Waals surface area (Å²) in [4.78, 5) is 38.5. The molecule has 1 fully saturated rings. The number of hydrogen-bond acceptors (Lipinski definition) is 5. The zero-order chi connectivity index (χ0) is 22.7. The topological polar surface area (TPSA) is 105 Å². The predicted molar refractivity (Wildman–Crippen MR) is 127 cm³/mol. The van der Waals surface area contributed by atoms with E-state index in [0.29, 0.717) is 16.8 Å². The lowest BCUT2D eigenvalue weighted by Crippen LogP contribution is -2.35. The summed E-state index contributed by atoms with van der Waals surface area (Å²) in [5.74, 6) is 0.0644. The zero-order valence-electron chi connectivity index (χ0n) is 18.4. The first-order valence-corrected chi connectivity index (χ1v) is 10.9. The van der Waals surface area contributed by atoms with Crippen molar-refractivity contribution in [2.75, 3.05) is 20.1 Å². The molecule has 3 N–H and O–H groups in total. The molecule has 0 saturated carbocycles. The Bertz CT molecular complexity index is 1290. The van der Waals surface area contributed by atoms with Crippen LogP contribution in [0.15, 0.2) is 42.6 Å². The van der Waals surface area contributed by atoms with Gasteiger partial charge in [-0.2, -0.15) is 0 Å². The number of piperidine rings is 1. The predicted octanol–water partition coefficient (Wildman–Crippen LogP) is 4.10. The molecule has 5 rings (SSSR count). The van der Waals surface area contributed by atoms with Crippen LogP contribution in [-0.2, 0) is 0 Å². The molecule has 0 spiro atoms. The maximum Gasteiger partial charge on any atom is 0.253 e. The van der Waals surface area contributed by atoms with E-state index in [0.717, 1.165) is 65.5 Å². The van der Waals surface area contributed by atoms with E-state index in [1.165, 1.54) is 13.5 Å². The fraction of sp³-hybridized carbons (Fsp3) is 0.280. The average Bonchev–Trinajstić information content (AvgIpc) is 3.19. The molecule has 2 aromatic heterocycles. The number of H-pyrrole nitrogens is 1. The summed E-state index contributed by atoms with van der Waals surface area (Å²) in [5.41, 5.74) is 10.7. The number of aromatic amines is 1. The van der Waals surface area contributed by atoms with Crippen LogP contribution in [0.1, 0.15) is 45.7 Å². The number of hydrogen-bond donors (Lipinski definition) is 2. The Labute approximate surface area is 186 Å². The molecule has 32 heavy (non-hydrogen) atoms. The van der Waals surface area contributed by atoms with Crippen molar-refractivity contribution >= 4 is 34.1 Å². The van der Waals surface area contributed by atoms with E-state index < -0.39 is 0 Å². The number of aromatic nitrogens is 3. The number of aryl methyl sites for hydroxylation is 1. The van der Waals surface area contributed by atoms with Gasteiger partial charge in [-0.15, -0.1) is 0 Å². The van der Waals surface area contributed by atoms with Gasteiger partial charge in [0.1, 0.15) is 0 Å². The van der Waals surface area contributed by atoms with E-state index in [2.05, 4.69) is 15.7 Å². The molecule has 2 aromatic carbocycles. The van der Waals surface area contributed by atoms with Crippen LogP contribution < -0.4 is 5.73 Å². The molecule has 3 heterocycles. The van der Waals surface area contributed by atoms with Gasteiger partial charge in [-0.25, -0.2) is 4.98 Å². The standard InChI is InChI=1S/C24H22N4O2.CH5N/c1-15-18-11-16(5-7-19(18)26-23(15)14-29)22-13-25-20-8-6-17(12-21(20)27-22)24(30)28-9-3-2-4-10-28;1-2/h5-8,11-14,26H,2-4,9-10H2,1H3;2H2,1H3. The number of amides is 1. The molecule has 0 radical (unpaired) electrons. The molecule has 7 nitrogen and oxygen atoms in total. The van der Waals surface area contributed by atoms with Crippen LogP contribution in [0, 0.1) is 6.92 Å². The lowest BCUT2D eigenvalue weighted by Gasteiger charge is -2.26. The summed E-state index contributed by atoms with van der Waals surface area (Å²) in [5, 5.41) is 0.991. The summed E-state index contributed by atoms with van der Waals surface area (Å²) in [6.07, 6.45) is 5.91. The highest BCUT2D eigenvalue weighted by molar-refractivity contribution is 5.98. The second kappa shape index (κ2) is 9.28. The summed E-state index contributed by atoms with van der Waals surface area (Å²) >= 11 is 0. The summed E-state index contributed by atoms with van der Waals surface area (Å²) in [7, 11) is 1.50. The molecule has 0 bridgehead atoms. The summed E-state index contributed by atoms with van der Waals surface area (Å²) < 4.78 is 0. The highest BCUT2D eigenvalue weighted by Crippen LogP contribution is 2.27. The summed E-state index contributed by atoms with van der Waals surface area (Å²) in [6, 6.07) is 11.5. The molecule has 7 heteroatoms. The third kappa shape index (κ3) is 3.99. The van der Waals surface area contributed by atoms with Crippen molar-refractivity contribution in [2.45, 2.75) is 26.2 Å². The third-order valence-electron chi connectivity index (χ3n) is 5.94. The fourth-order valence-corrected chi connectivity index (χ4v) is 4.19. The Balaban J connectivity index is 0.00000119. The molecular weight excluding hydrogens is 402 g/mol. The highest BCUT2D eigenvalue weighted by Gasteiger charge is 2.19. The largest absolute Gasteiger partial charge is 0.352 e. The van der Waals surface area contributed by atoms with E-state index >= 15 is 0 Å². The van der Waals surface area contributed by atoms with Gasteiger partial charge in [0, 0.05) is 35.1 Å². The van der Waals surface area contributed by atoms with Crippen molar-refractivity contribution < 1.29 is 9.59 Å². The quantitative estimate of drug-likeness (QED) is 0.477. The van der Waals surface area contributed by atoms with Gasteiger partial charge >= 0.3 is 0 Å². The van der Waals surface area contributed by atoms with Gasteiger partial charge in [0.05, 0.1) is 28.6 Å². The van der Waals surface area contributed by atoms with E-state index in [1.807, 2.05) is 48.2 Å². The minimum atomic E-state index is 0.0644. The average molecular weight is 430 g/mol. The van der Waals surface area contributed by atoms with Crippen molar-refractivity contribution in [3.63, 3.8) is 0 Å². The maximum absolute atomic E-state index is 12.9. The van der Waals surface area contributed by atoms with Crippen molar-refractivity contribution in [2.24, 2.45) is 5.73 Å². The number of fused-ring (bicyclic) bond motifs is 2. The Hall–Kier alpha value is -3.58. The normalized spacial score (nSPS) is 13.7. The molecule has 164 valence electrons. The Kier molecular flexibility index (Phi) is 6.28. The van der Waals surface area contributed by atoms with Crippen molar-refractivity contribution in [3.05, 3.63) is 59.4 Å². The molecule has 0 aliphatic carbocycles. The Morgan fingerprint density at radius 1 is 1.06 bits per heavy atom. The highest BCUT2D eigenvalue weighted by atomic mass is 16.2. The maximum atomic E-state index is 12.9. The fourth-order valence-electron chi connectivity index (χ4n) is 4.19. The lowest BCUT2D eigenvalue weighted by atomic mass is 10.1. The van der Waals surface area contributed by atoms with E-state index in [1.54, 1.807) is 6.20 Å². The molecule has 0 unspecified atom stereocenters. The number of nitrogens with one attached hydrogen (secondary N) is 1. The minimum absolute atomic E-state index is 0.0644. The number of nitrogens with two attached hydrogens (primary N) is 1. The molecule has 1 aliphatic heterocycles. The van der Waals surface area contributed by atoms with Gasteiger partial charge in [0.15, 0.2) is 6.29 Å². The molecule has 1 saturated heterocycles. The number of carbonyl (C=O) groups is 2. The molecule has 0 atom stereocenters. The minimum Gasteiger partial charge on any atom is -0.352 e. The first-order chi connectivity index (χ1) is 15.6. The SMILES string of the molecule is CN.Cc1c(C=O)[nH]c2ccc(-c3cnc4ccc(C(=O)N5CCCCC5)cc4n3)cc12. The molecular formula is C25H27N5O2. The van der Waals surface area contributed by atoms with Crippen molar-refractivity contribution in [1.29, 1.82) is 0 Å². The van der Waals surface area contributed by atoms with Gasteiger partial charge < -0.3 is 15.6 Å². The molecule has 1 amide bonds. The first-order valence-electron chi connectivity index (χ1n) is 10.9. The number of benzene rings is 2. The number of nitrogens with zero attached hydrogens (tertiary/aromatic N) is 3. The van der Waals surface area contributed by atoms with Crippen LogP contribution in [-0.4, -0.2) is 52.2 Å². The summed E-state index contributed by atoms with van der Waals surface area (Å²) in [6.45, 7) is 3.57. The second-order valence-corrected chi connectivity index (χ2v) is 7.85. The van der Waals surface area contributed by atoms with Crippen LogP contribution in [0.3, 0.4) is 0 Å². The third-order valence-corrected chi connectivity index (χ3v) is 5.94. The van der Waals surface area contributed by atoms with Crippen LogP contribution in [0.4, 0.5) is 0 Å². The van der Waals surface area contributed by atoms with Gasteiger partial charge in [-0.1, -0.05) is 6.07 Å². The monoisotopic (exact) mass is 429 g/mol. The van der Waals surface area contributed by atoms with E-state index in [4.69, 9.17) is 4.98 Å². The van der Waals surface area contributed by atoms with Crippen LogP contribution in [0.5, 0.6) is 0 Å². The van der Waals surface area contributed by atoms with Gasteiger partial charge in [0.2, 0.25) is 0 Å². The van der Waals surface area contributed by atoms with Gasteiger partial charge in [-0.3, -0.25) is 14.6 Å². The van der Waals surface area contributed by atoms with Crippen LogP contribution >= 0.6 is 0 Å². The van der Waals surface area contributed by atoms with Gasteiger partial charge in [0.25, 0.3) is 5.91 Å².